The summed E-state index contributed by atoms with van der Waals surface area (Å²) in [6.45, 7) is -4.94. The van der Waals surface area contributed by atoms with E-state index in [1.807, 2.05) is 0 Å². The average Bonchev–Trinajstić information content (AvgIpc) is 2.84. The van der Waals surface area contributed by atoms with E-state index in [4.69, 9.17) is 3.97 Å². The third-order valence-electron chi connectivity index (χ3n) is 5.53. The van der Waals surface area contributed by atoms with Crippen LogP contribution in [-0.2, 0) is 14.1 Å². The van der Waals surface area contributed by atoms with Gasteiger partial charge in [-0.25, -0.2) is 0 Å². The maximum atomic E-state index is 13.9. The van der Waals surface area contributed by atoms with Gasteiger partial charge in [-0.05, 0) is 0 Å². The molecule has 0 N–H and O–H groups in total. The molecular weight excluding hydrogens is 468 g/mol. The normalized spacial score (nSPS) is 13.7. The van der Waals surface area contributed by atoms with Crippen molar-refractivity contribution in [1.82, 2.24) is 0 Å². The van der Waals surface area contributed by atoms with Gasteiger partial charge in [0.1, 0.15) is 0 Å². The summed E-state index contributed by atoms with van der Waals surface area (Å²) in [6, 6.07) is 33.1. The molecule has 3 nitrogen and oxygen atoms in total. The van der Waals surface area contributed by atoms with E-state index in [0.29, 0.717) is 21.2 Å². The van der Waals surface area contributed by atoms with Gasteiger partial charge in [-0.3, -0.25) is 0 Å². The molecule has 4 aromatic rings. The molecule has 170 valence electrons. The van der Waals surface area contributed by atoms with E-state index < -0.39 is 22.5 Å². The predicted octanol–water partition coefficient (Wildman–Crippen LogP) is 4.62. The second-order valence-corrected chi connectivity index (χ2v) is 13.5. The fourth-order valence-electron chi connectivity index (χ4n) is 4.15. The van der Waals surface area contributed by atoms with Crippen molar-refractivity contribution in [1.29, 1.82) is 0 Å². The molecule has 0 unspecified atom stereocenters. The van der Waals surface area contributed by atoms with Crippen molar-refractivity contribution in [2.24, 2.45) is 0 Å². The molecule has 4 rings (SSSR count). The molecule has 0 aliphatic rings. The van der Waals surface area contributed by atoms with Gasteiger partial charge in [-0.2, -0.15) is 0 Å². The monoisotopic (exact) mass is 488 g/mol. The van der Waals surface area contributed by atoms with Gasteiger partial charge in [0, 0.05) is 0 Å². The Kier molecular flexibility index (Phi) is 5.91. The van der Waals surface area contributed by atoms with E-state index in [1.54, 1.807) is 121 Å². The zero-order valence-corrected chi connectivity index (χ0v) is 19.0. The van der Waals surface area contributed by atoms with Gasteiger partial charge in [0.2, 0.25) is 0 Å². The first-order chi connectivity index (χ1) is 15.7. The van der Waals surface area contributed by atoms with E-state index in [2.05, 4.69) is 0 Å². The third-order valence-corrected chi connectivity index (χ3v) is 13.2. The maximum absolute atomic E-state index is 13.9. The first-order valence-electron chi connectivity index (χ1n) is 9.99. The number of hydrogen-bond acceptors (Lipinski definition) is 3. The molecule has 0 saturated heterocycles. The molecule has 0 amide bonds. The van der Waals surface area contributed by atoms with Gasteiger partial charge < -0.3 is 0 Å². The molecule has 0 aliphatic carbocycles. The van der Waals surface area contributed by atoms with Crippen LogP contribution in [0, 0.1) is 0 Å². The SMILES string of the molecule is O=S(=O)(OP(c1ccccc1)(c1ccccc1)(c1ccccc1)c1ccccc1)C(F)(F)F. The average molecular weight is 488 g/mol. The topological polar surface area (TPSA) is 43.4 Å². The molecular formula is C25H20F3O3PS. The van der Waals surface area contributed by atoms with Crippen LogP contribution in [0.3, 0.4) is 0 Å². The van der Waals surface area contributed by atoms with Crippen LogP contribution >= 0.6 is 6.83 Å². The second-order valence-electron chi connectivity index (χ2n) is 7.35. The van der Waals surface area contributed by atoms with Crippen molar-refractivity contribution in [3.63, 3.8) is 0 Å². The molecule has 0 fully saturated rings. The molecule has 0 aliphatic heterocycles. The molecule has 0 bridgehead atoms. The molecule has 0 heterocycles. The molecule has 0 saturated carbocycles. The van der Waals surface area contributed by atoms with Gasteiger partial charge in [-0.1, -0.05) is 0 Å². The number of benzene rings is 4. The summed E-state index contributed by atoms with van der Waals surface area (Å²) in [4.78, 5) is 0. The second kappa shape index (κ2) is 8.41. The van der Waals surface area contributed by atoms with Crippen molar-refractivity contribution < 1.29 is 25.6 Å². The number of rotatable bonds is 6. The van der Waals surface area contributed by atoms with Crippen LogP contribution in [0.4, 0.5) is 13.2 Å². The molecule has 0 spiro atoms. The number of hydrogen-bond donors (Lipinski definition) is 0. The van der Waals surface area contributed by atoms with Crippen molar-refractivity contribution in [2.75, 3.05) is 0 Å². The van der Waals surface area contributed by atoms with Crippen LogP contribution in [0.2, 0.25) is 0 Å². The van der Waals surface area contributed by atoms with Crippen LogP contribution in [0.5, 0.6) is 0 Å². The van der Waals surface area contributed by atoms with Gasteiger partial charge in [0.05, 0.1) is 0 Å². The first kappa shape index (κ1) is 23.2. The summed E-state index contributed by atoms with van der Waals surface area (Å²) in [6.07, 6.45) is 0. The van der Waals surface area contributed by atoms with Crippen LogP contribution in [0.1, 0.15) is 0 Å². The molecule has 0 radical (unpaired) electrons. The first-order valence-corrected chi connectivity index (χ1v) is 13.6. The van der Waals surface area contributed by atoms with Crippen LogP contribution in [0.25, 0.3) is 0 Å². The molecule has 0 aromatic heterocycles. The van der Waals surface area contributed by atoms with Crippen molar-refractivity contribution in [3.05, 3.63) is 121 Å². The Hall–Kier alpha value is -2.99. The fourth-order valence-corrected chi connectivity index (χ4v) is 12.2. The number of halogens is 3. The summed E-state index contributed by atoms with van der Waals surface area (Å²) in [5, 5.41) is 1.33. The van der Waals surface area contributed by atoms with E-state index in [-0.39, 0.29) is 0 Å². The molecule has 8 heteroatoms. The summed E-state index contributed by atoms with van der Waals surface area (Å²) >= 11 is 0. The number of alkyl halides is 3. The Morgan fingerprint density at radius 1 is 0.515 bits per heavy atom. The van der Waals surface area contributed by atoms with E-state index in [1.165, 1.54) is 0 Å². The Balaban J connectivity index is 2.33. The van der Waals surface area contributed by atoms with Crippen molar-refractivity contribution >= 4 is 38.2 Å². The zero-order chi connectivity index (χ0) is 23.6. The van der Waals surface area contributed by atoms with Crippen LogP contribution in [-0.4, -0.2) is 13.9 Å². The standard InChI is InChI=1S/C25H20F3O3PS/c26-25(27,28)33(29,30)31-32(21-13-5-1-6-14-21,22-15-7-2-8-16-22,23-17-9-3-10-18-23)24-19-11-4-12-20-24/h1-20H. The van der Waals surface area contributed by atoms with E-state index >= 15 is 0 Å². The quantitative estimate of drug-likeness (QED) is 0.294. The summed E-state index contributed by atoms with van der Waals surface area (Å²) in [5.41, 5.74) is -5.62. The van der Waals surface area contributed by atoms with Crippen LogP contribution in [0.15, 0.2) is 121 Å². The summed E-state index contributed by atoms with van der Waals surface area (Å²) in [5.74, 6) is 0. The Morgan fingerprint density at radius 3 is 0.970 bits per heavy atom. The Morgan fingerprint density at radius 2 is 0.758 bits per heavy atom. The van der Waals surface area contributed by atoms with Crippen molar-refractivity contribution in [2.45, 2.75) is 5.51 Å². The summed E-state index contributed by atoms with van der Waals surface area (Å²) < 4.78 is 73.1. The van der Waals surface area contributed by atoms with Gasteiger partial charge >= 0.3 is 191 Å². The van der Waals surface area contributed by atoms with Crippen molar-refractivity contribution in [3.8, 4) is 0 Å². The fraction of sp³-hybridized carbons (Fsp3) is 0.0400. The predicted molar refractivity (Wildman–Crippen MR) is 127 cm³/mol. The third kappa shape index (κ3) is 3.57. The Labute approximate surface area is 190 Å². The van der Waals surface area contributed by atoms with E-state index in [0.717, 1.165) is 0 Å². The molecule has 33 heavy (non-hydrogen) atoms. The zero-order valence-electron chi connectivity index (χ0n) is 17.3. The van der Waals surface area contributed by atoms with Gasteiger partial charge in [0.15, 0.2) is 0 Å². The van der Waals surface area contributed by atoms with Gasteiger partial charge in [0.25, 0.3) is 0 Å². The van der Waals surface area contributed by atoms with Crippen LogP contribution < -0.4 is 21.2 Å². The molecule has 4 aromatic carbocycles. The molecule has 0 atom stereocenters. The minimum atomic E-state index is -6.05. The minimum absolute atomic E-state index is 0.333. The van der Waals surface area contributed by atoms with Gasteiger partial charge in [-0.15, -0.1) is 0 Å². The summed E-state index contributed by atoms with van der Waals surface area (Å²) in [7, 11) is -6.05. The van der Waals surface area contributed by atoms with E-state index in [9.17, 15) is 21.6 Å². The Bertz CT molecular complexity index is 1160.